The summed E-state index contributed by atoms with van der Waals surface area (Å²) in [5, 5.41) is 0. The molecule has 0 bridgehead atoms. The lowest BCUT2D eigenvalue weighted by Gasteiger charge is -1.98. The molecule has 0 spiro atoms. The normalized spacial score (nSPS) is 11.4. The van der Waals surface area contributed by atoms with Crippen molar-refractivity contribution in [1.82, 2.24) is 0 Å². The van der Waals surface area contributed by atoms with Crippen molar-refractivity contribution in [2.45, 2.75) is 40.5 Å². The third-order valence-corrected chi connectivity index (χ3v) is 3.32. The van der Waals surface area contributed by atoms with Crippen LogP contribution in [-0.2, 0) is 0 Å². The van der Waals surface area contributed by atoms with Gasteiger partial charge in [0.25, 0.3) is 0 Å². The van der Waals surface area contributed by atoms with Crippen LogP contribution in [0.1, 0.15) is 42.0 Å². The number of rotatable bonds is 1. The van der Waals surface area contributed by atoms with Crippen molar-refractivity contribution in [3.8, 4) is 11.1 Å². The second-order valence-corrected chi connectivity index (χ2v) is 5.17. The minimum Gasteiger partial charge on any atom is -0.0587 e. The van der Waals surface area contributed by atoms with Gasteiger partial charge in [0, 0.05) is 0 Å². The van der Waals surface area contributed by atoms with E-state index in [-0.39, 0.29) is 0 Å². The maximum atomic E-state index is 2.35. The fraction of sp³-hybridized carbons (Fsp3) is 0.375. The van der Waals surface area contributed by atoms with Crippen molar-refractivity contribution in [1.29, 1.82) is 0 Å². The zero-order chi connectivity index (χ0) is 11.9. The quantitative estimate of drug-likeness (QED) is 0.634. The van der Waals surface area contributed by atoms with Gasteiger partial charge in [-0.05, 0) is 54.5 Å². The Bertz CT molecular complexity index is 452. The Morgan fingerprint density at radius 2 is 1.19 bits per heavy atom. The lowest BCUT2D eigenvalue weighted by molar-refractivity contribution is 0.872. The van der Waals surface area contributed by atoms with Gasteiger partial charge in [-0.2, -0.15) is 0 Å². The van der Waals surface area contributed by atoms with Crippen LogP contribution in [0.3, 0.4) is 0 Å². The first-order valence-electron chi connectivity index (χ1n) is 6.00. The van der Waals surface area contributed by atoms with Gasteiger partial charge in [0.15, 0.2) is 0 Å². The average molecular weight is 212 g/mol. The average Bonchev–Trinajstić information content (AvgIpc) is 2.57. The van der Waals surface area contributed by atoms with Gasteiger partial charge in [-0.15, -0.1) is 0 Å². The van der Waals surface area contributed by atoms with Gasteiger partial charge in [0.05, 0.1) is 0 Å². The molecule has 2 rings (SSSR count). The molecule has 0 heterocycles. The SMILES string of the molecule is Cc1cc(C)c2cc(C(C)C)cc-2c(C)c1. The molecule has 0 heteroatoms. The summed E-state index contributed by atoms with van der Waals surface area (Å²) < 4.78 is 0. The fourth-order valence-corrected chi connectivity index (χ4v) is 2.40. The summed E-state index contributed by atoms with van der Waals surface area (Å²) in [7, 11) is 0. The van der Waals surface area contributed by atoms with Crippen molar-refractivity contribution in [2.24, 2.45) is 0 Å². The van der Waals surface area contributed by atoms with E-state index in [1.807, 2.05) is 0 Å². The molecular weight excluding hydrogens is 192 g/mol. The van der Waals surface area contributed by atoms with E-state index in [1.54, 1.807) is 0 Å². The van der Waals surface area contributed by atoms with Crippen molar-refractivity contribution in [3.05, 3.63) is 46.5 Å². The first-order valence-corrected chi connectivity index (χ1v) is 6.00. The van der Waals surface area contributed by atoms with E-state index in [0.717, 1.165) is 0 Å². The molecule has 0 radical (unpaired) electrons. The summed E-state index contributed by atoms with van der Waals surface area (Å²) in [5.74, 6) is 0.609. The molecule has 0 aromatic heterocycles. The summed E-state index contributed by atoms with van der Waals surface area (Å²) in [5.41, 5.74) is 8.38. The molecule has 84 valence electrons. The van der Waals surface area contributed by atoms with Gasteiger partial charge in [-0.3, -0.25) is 0 Å². The molecule has 0 unspecified atom stereocenters. The van der Waals surface area contributed by atoms with Crippen LogP contribution in [0.2, 0.25) is 0 Å². The highest BCUT2D eigenvalue weighted by Crippen LogP contribution is 2.34. The molecule has 0 aliphatic heterocycles. The van der Waals surface area contributed by atoms with E-state index in [2.05, 4.69) is 58.9 Å². The Kier molecular flexibility index (Phi) is 2.75. The number of hydrogen-bond donors (Lipinski definition) is 0. The van der Waals surface area contributed by atoms with Crippen molar-refractivity contribution >= 4 is 0 Å². The Morgan fingerprint density at radius 1 is 0.750 bits per heavy atom. The minimum atomic E-state index is 0.609. The van der Waals surface area contributed by atoms with E-state index in [9.17, 15) is 0 Å². The largest absolute Gasteiger partial charge is 0.0587 e. The van der Waals surface area contributed by atoms with Gasteiger partial charge < -0.3 is 0 Å². The Morgan fingerprint density at radius 3 is 1.56 bits per heavy atom. The van der Waals surface area contributed by atoms with Gasteiger partial charge in [0.1, 0.15) is 0 Å². The van der Waals surface area contributed by atoms with E-state index in [0.29, 0.717) is 5.92 Å². The van der Waals surface area contributed by atoms with Gasteiger partial charge in [0.2, 0.25) is 0 Å². The van der Waals surface area contributed by atoms with E-state index in [1.165, 1.54) is 33.4 Å². The van der Waals surface area contributed by atoms with E-state index >= 15 is 0 Å². The Hall–Kier alpha value is -1.30. The van der Waals surface area contributed by atoms with E-state index < -0.39 is 0 Å². The van der Waals surface area contributed by atoms with Gasteiger partial charge in [-0.25, -0.2) is 0 Å². The van der Waals surface area contributed by atoms with E-state index in [4.69, 9.17) is 0 Å². The summed E-state index contributed by atoms with van der Waals surface area (Å²) in [6.45, 7) is 11.1. The molecule has 0 saturated carbocycles. The van der Waals surface area contributed by atoms with Crippen LogP contribution in [0.5, 0.6) is 0 Å². The molecule has 0 aromatic carbocycles. The summed E-state index contributed by atoms with van der Waals surface area (Å²) >= 11 is 0. The Balaban J connectivity index is 2.76. The lowest BCUT2D eigenvalue weighted by atomic mass is 10.1. The highest BCUT2D eigenvalue weighted by Gasteiger charge is 2.12. The number of fused-ring (bicyclic) bond motifs is 1. The second-order valence-electron chi connectivity index (χ2n) is 5.17. The van der Waals surface area contributed by atoms with Gasteiger partial charge in [-0.1, -0.05) is 43.7 Å². The molecule has 0 saturated heterocycles. The molecule has 0 amide bonds. The molecule has 0 atom stereocenters. The predicted molar refractivity (Wildman–Crippen MR) is 71.4 cm³/mol. The van der Waals surface area contributed by atoms with Crippen LogP contribution >= 0.6 is 0 Å². The molecule has 2 aliphatic rings. The maximum Gasteiger partial charge on any atom is -0.0149 e. The third kappa shape index (κ3) is 1.84. The molecule has 0 N–H and O–H groups in total. The van der Waals surface area contributed by atoms with Crippen LogP contribution < -0.4 is 0 Å². The second kappa shape index (κ2) is 3.93. The van der Waals surface area contributed by atoms with Crippen molar-refractivity contribution < 1.29 is 0 Å². The smallest absolute Gasteiger partial charge is 0.0149 e. The zero-order valence-corrected chi connectivity index (χ0v) is 10.9. The summed E-state index contributed by atoms with van der Waals surface area (Å²) in [6.07, 6.45) is 0. The topological polar surface area (TPSA) is 0 Å². The van der Waals surface area contributed by atoms with Crippen LogP contribution in [0.25, 0.3) is 11.1 Å². The maximum absolute atomic E-state index is 2.35. The third-order valence-electron chi connectivity index (χ3n) is 3.32. The molecule has 2 aliphatic carbocycles. The molecule has 16 heavy (non-hydrogen) atoms. The molecule has 0 fully saturated rings. The van der Waals surface area contributed by atoms with Crippen LogP contribution in [0.4, 0.5) is 0 Å². The summed E-state index contributed by atoms with van der Waals surface area (Å²) in [4.78, 5) is 0. The highest BCUT2D eigenvalue weighted by atomic mass is 14.2. The zero-order valence-electron chi connectivity index (χ0n) is 10.9. The van der Waals surface area contributed by atoms with Crippen LogP contribution in [0, 0.1) is 20.8 Å². The standard InChI is InChI=1S/C16H20/c1-10(2)14-8-15-12(4)6-11(3)7-13(5)16(15)9-14/h6-10H,1-5H3. The van der Waals surface area contributed by atoms with Crippen molar-refractivity contribution in [2.75, 3.05) is 0 Å². The molecule has 0 aromatic rings. The first kappa shape index (κ1) is 11.2. The Labute approximate surface area is 98.7 Å². The first-order chi connectivity index (χ1) is 7.49. The molecule has 0 nitrogen and oxygen atoms in total. The lowest BCUT2D eigenvalue weighted by Crippen LogP contribution is -1.80. The number of hydrogen-bond acceptors (Lipinski definition) is 0. The minimum absolute atomic E-state index is 0.609. The number of aryl methyl sites for hydroxylation is 3. The van der Waals surface area contributed by atoms with Crippen LogP contribution in [-0.4, -0.2) is 0 Å². The predicted octanol–water partition coefficient (Wildman–Crippen LogP) is 4.84. The monoisotopic (exact) mass is 212 g/mol. The summed E-state index contributed by atoms with van der Waals surface area (Å²) in [6, 6.07) is 9.25. The van der Waals surface area contributed by atoms with Crippen LogP contribution in [0.15, 0.2) is 24.3 Å². The highest BCUT2D eigenvalue weighted by molar-refractivity contribution is 5.75. The van der Waals surface area contributed by atoms with Gasteiger partial charge >= 0.3 is 0 Å². The fourth-order valence-electron chi connectivity index (χ4n) is 2.40. The van der Waals surface area contributed by atoms with Crippen molar-refractivity contribution in [3.63, 3.8) is 0 Å². The molecular formula is C16H20.